The molecule has 0 bridgehead atoms. The molecule has 100 valence electrons. The van der Waals surface area contributed by atoms with Crippen molar-refractivity contribution in [2.75, 3.05) is 0 Å². The smallest absolute Gasteiger partial charge is 0.343 e. The topological polar surface area (TPSA) is 88.0 Å². The Balaban J connectivity index is 2.14. The molecule has 1 heterocycles. The van der Waals surface area contributed by atoms with Crippen molar-refractivity contribution in [1.82, 2.24) is 14.8 Å². The van der Waals surface area contributed by atoms with Gasteiger partial charge in [-0.2, -0.15) is 0 Å². The number of aromatic amines is 1. The Morgan fingerprint density at radius 3 is 2.84 bits per heavy atom. The highest BCUT2D eigenvalue weighted by atomic mass is 35.5. The fourth-order valence-electron chi connectivity index (χ4n) is 1.40. The SMILES string of the molecule is Cn1c(SCc2ccc(C(=O)O)cc2Cl)n[nH]c1=O. The standard InChI is InChI=1S/C11H10ClN3O3S/c1-15-10(18)13-14-11(15)19-5-7-3-2-6(9(16)17)4-8(7)12/h2-4H,5H2,1H3,(H,13,18)(H,16,17). The van der Waals surface area contributed by atoms with E-state index in [1.165, 1.54) is 28.5 Å². The van der Waals surface area contributed by atoms with Crippen molar-refractivity contribution in [1.29, 1.82) is 0 Å². The first kappa shape index (κ1) is 13.7. The van der Waals surface area contributed by atoms with Gasteiger partial charge in [0.25, 0.3) is 0 Å². The zero-order valence-corrected chi connectivity index (χ0v) is 11.5. The first-order valence-corrected chi connectivity index (χ1v) is 6.61. The van der Waals surface area contributed by atoms with Crippen LogP contribution >= 0.6 is 23.4 Å². The molecule has 0 aliphatic rings. The summed E-state index contributed by atoms with van der Waals surface area (Å²) in [7, 11) is 1.61. The fourth-order valence-corrected chi connectivity index (χ4v) is 2.65. The molecule has 0 unspecified atom stereocenters. The average molecular weight is 300 g/mol. The number of carboxylic acids is 1. The Morgan fingerprint density at radius 2 is 2.32 bits per heavy atom. The molecule has 0 aliphatic heterocycles. The third-order valence-corrected chi connectivity index (χ3v) is 3.93. The van der Waals surface area contributed by atoms with Gasteiger partial charge in [-0.25, -0.2) is 14.7 Å². The lowest BCUT2D eigenvalue weighted by molar-refractivity contribution is 0.0697. The Morgan fingerprint density at radius 1 is 1.58 bits per heavy atom. The normalized spacial score (nSPS) is 10.6. The number of benzene rings is 1. The summed E-state index contributed by atoms with van der Waals surface area (Å²) in [5, 5.41) is 16.0. The summed E-state index contributed by atoms with van der Waals surface area (Å²) in [6.07, 6.45) is 0. The molecule has 0 spiro atoms. The van der Waals surface area contributed by atoms with Gasteiger partial charge in [0.1, 0.15) is 0 Å². The van der Waals surface area contributed by atoms with E-state index in [0.29, 0.717) is 15.9 Å². The molecule has 6 nitrogen and oxygen atoms in total. The van der Waals surface area contributed by atoms with Crippen LogP contribution in [0.2, 0.25) is 5.02 Å². The second kappa shape index (κ2) is 5.50. The molecule has 2 rings (SSSR count). The van der Waals surface area contributed by atoms with Gasteiger partial charge in [-0.3, -0.25) is 4.57 Å². The number of thioether (sulfide) groups is 1. The van der Waals surface area contributed by atoms with E-state index in [4.69, 9.17) is 16.7 Å². The van der Waals surface area contributed by atoms with Gasteiger partial charge in [-0.1, -0.05) is 29.4 Å². The van der Waals surface area contributed by atoms with E-state index in [0.717, 1.165) is 5.56 Å². The summed E-state index contributed by atoms with van der Waals surface area (Å²) in [6.45, 7) is 0. The third-order valence-electron chi connectivity index (χ3n) is 2.50. The van der Waals surface area contributed by atoms with Crippen molar-refractivity contribution in [3.8, 4) is 0 Å². The largest absolute Gasteiger partial charge is 0.478 e. The van der Waals surface area contributed by atoms with Gasteiger partial charge in [0.05, 0.1) is 5.56 Å². The number of aromatic carboxylic acids is 1. The molecule has 1 aromatic carbocycles. The van der Waals surface area contributed by atoms with Crippen molar-refractivity contribution >= 4 is 29.3 Å². The minimum atomic E-state index is -1.02. The van der Waals surface area contributed by atoms with Gasteiger partial charge in [0, 0.05) is 17.8 Å². The van der Waals surface area contributed by atoms with E-state index < -0.39 is 5.97 Å². The van der Waals surface area contributed by atoms with Crippen molar-refractivity contribution in [3.05, 3.63) is 44.8 Å². The molecule has 2 N–H and O–H groups in total. The summed E-state index contributed by atoms with van der Waals surface area (Å²) < 4.78 is 1.39. The number of nitrogens with zero attached hydrogens (tertiary/aromatic N) is 2. The Hall–Kier alpha value is -1.73. The van der Waals surface area contributed by atoms with Crippen molar-refractivity contribution < 1.29 is 9.90 Å². The van der Waals surface area contributed by atoms with Crippen molar-refractivity contribution in [2.45, 2.75) is 10.9 Å². The average Bonchev–Trinajstić information content (AvgIpc) is 2.68. The Bertz CT molecular complexity index is 680. The summed E-state index contributed by atoms with van der Waals surface area (Å²) in [5.41, 5.74) is 0.646. The second-order valence-electron chi connectivity index (χ2n) is 3.77. The lowest BCUT2D eigenvalue weighted by atomic mass is 10.1. The molecule has 1 aromatic heterocycles. The number of carbonyl (C=O) groups is 1. The van der Waals surface area contributed by atoms with Gasteiger partial charge >= 0.3 is 11.7 Å². The highest BCUT2D eigenvalue weighted by Gasteiger charge is 2.09. The number of halogens is 1. The van der Waals surface area contributed by atoms with Gasteiger partial charge < -0.3 is 5.11 Å². The summed E-state index contributed by atoms with van der Waals surface area (Å²) in [5.74, 6) is -0.521. The molecular weight excluding hydrogens is 290 g/mol. The van der Waals surface area contributed by atoms with Crippen LogP contribution in [-0.4, -0.2) is 25.8 Å². The number of hydrogen-bond acceptors (Lipinski definition) is 4. The zero-order valence-electron chi connectivity index (χ0n) is 9.88. The van der Waals surface area contributed by atoms with Crippen LogP contribution in [0.25, 0.3) is 0 Å². The summed E-state index contributed by atoms with van der Waals surface area (Å²) in [6, 6.07) is 4.56. The third kappa shape index (κ3) is 2.99. The number of H-pyrrole nitrogens is 1. The van der Waals surface area contributed by atoms with Crippen molar-refractivity contribution in [2.24, 2.45) is 7.05 Å². The predicted octanol–water partition coefficient (Wildman–Crippen LogP) is 1.75. The molecule has 0 saturated carbocycles. The minimum absolute atomic E-state index is 0.144. The van der Waals surface area contributed by atoms with E-state index in [9.17, 15) is 9.59 Å². The number of nitrogens with one attached hydrogen (secondary N) is 1. The molecule has 0 aliphatic carbocycles. The second-order valence-corrected chi connectivity index (χ2v) is 5.12. The van der Waals surface area contributed by atoms with Crippen LogP contribution in [0.5, 0.6) is 0 Å². The summed E-state index contributed by atoms with van der Waals surface area (Å²) in [4.78, 5) is 22.0. The maximum absolute atomic E-state index is 11.2. The molecule has 0 fully saturated rings. The van der Waals surface area contributed by atoms with E-state index in [1.54, 1.807) is 13.1 Å². The van der Waals surface area contributed by atoms with E-state index in [2.05, 4.69) is 10.2 Å². The highest BCUT2D eigenvalue weighted by molar-refractivity contribution is 7.98. The molecule has 19 heavy (non-hydrogen) atoms. The Kier molecular flexibility index (Phi) is 3.96. The number of aromatic nitrogens is 3. The predicted molar refractivity (Wildman–Crippen MR) is 71.8 cm³/mol. The van der Waals surface area contributed by atoms with Crippen LogP contribution in [0, 0.1) is 0 Å². The van der Waals surface area contributed by atoms with Gasteiger partial charge in [0.2, 0.25) is 0 Å². The van der Waals surface area contributed by atoms with Gasteiger partial charge in [0.15, 0.2) is 5.16 Å². The maximum Gasteiger partial charge on any atom is 0.343 e. The summed E-state index contributed by atoms with van der Waals surface area (Å²) >= 11 is 7.35. The highest BCUT2D eigenvalue weighted by Crippen LogP contribution is 2.25. The van der Waals surface area contributed by atoms with Crippen LogP contribution in [0.1, 0.15) is 15.9 Å². The number of carboxylic acid groups (broad SMARTS) is 1. The quantitative estimate of drug-likeness (QED) is 0.840. The monoisotopic (exact) mass is 299 g/mol. The van der Waals surface area contributed by atoms with Crippen LogP contribution in [0.3, 0.4) is 0 Å². The van der Waals surface area contributed by atoms with Crippen LogP contribution in [0.4, 0.5) is 0 Å². The minimum Gasteiger partial charge on any atom is -0.478 e. The molecule has 0 saturated heterocycles. The molecule has 0 radical (unpaired) electrons. The van der Waals surface area contributed by atoms with E-state index >= 15 is 0 Å². The fraction of sp³-hybridized carbons (Fsp3) is 0.182. The van der Waals surface area contributed by atoms with Gasteiger partial charge in [-0.15, -0.1) is 5.10 Å². The molecule has 2 aromatic rings. The van der Waals surface area contributed by atoms with E-state index in [1.807, 2.05) is 0 Å². The zero-order chi connectivity index (χ0) is 14.0. The molecular formula is C11H10ClN3O3S. The lowest BCUT2D eigenvalue weighted by Crippen LogP contribution is -2.12. The molecule has 0 atom stereocenters. The first-order valence-electron chi connectivity index (χ1n) is 5.25. The van der Waals surface area contributed by atoms with Gasteiger partial charge in [-0.05, 0) is 17.7 Å². The molecule has 0 amide bonds. The number of rotatable bonds is 4. The lowest BCUT2D eigenvalue weighted by Gasteiger charge is -2.04. The first-order chi connectivity index (χ1) is 8.99. The van der Waals surface area contributed by atoms with E-state index in [-0.39, 0.29) is 11.3 Å². The number of hydrogen-bond donors (Lipinski definition) is 2. The maximum atomic E-state index is 11.2. The van der Waals surface area contributed by atoms with Crippen LogP contribution < -0.4 is 5.69 Å². The Labute approximate surface area is 117 Å². The molecule has 8 heteroatoms. The van der Waals surface area contributed by atoms with Crippen LogP contribution in [0.15, 0.2) is 28.2 Å². The van der Waals surface area contributed by atoms with Crippen LogP contribution in [-0.2, 0) is 12.8 Å². The van der Waals surface area contributed by atoms with Crippen molar-refractivity contribution in [3.63, 3.8) is 0 Å².